The fourth-order valence-corrected chi connectivity index (χ4v) is 3.44. The van der Waals surface area contributed by atoms with E-state index in [0.29, 0.717) is 11.3 Å². The topological polar surface area (TPSA) is 55.7 Å². The second-order valence-corrected chi connectivity index (χ2v) is 7.59. The van der Waals surface area contributed by atoms with Gasteiger partial charge in [0.2, 0.25) is 0 Å². The van der Waals surface area contributed by atoms with Crippen molar-refractivity contribution in [3.63, 3.8) is 0 Å². The molecule has 102 valence electrons. The van der Waals surface area contributed by atoms with E-state index < -0.39 is 0 Å². The molecule has 0 fully saturated rings. The smallest absolute Gasteiger partial charge is 0.183 e. The van der Waals surface area contributed by atoms with Crippen LogP contribution in [-0.4, -0.2) is 20.4 Å². The number of rotatable bonds is 3. The molecule has 2 aromatic rings. The van der Waals surface area contributed by atoms with Gasteiger partial charge < -0.3 is 0 Å². The molecular weight excluding hydrogens is 278 g/mol. The predicted octanol–water partition coefficient (Wildman–Crippen LogP) is 3.33. The largest absolute Gasteiger partial charge is 0.293 e. The summed E-state index contributed by atoms with van der Waals surface area (Å²) < 4.78 is 3.93. The molecule has 6 heteroatoms. The molecule has 0 amide bonds. The van der Waals surface area contributed by atoms with Crippen LogP contribution in [0.4, 0.5) is 0 Å². The minimum atomic E-state index is -0.160. The van der Waals surface area contributed by atoms with Gasteiger partial charge in [0.1, 0.15) is 9.88 Å². The number of Topliss-reactive ketones (excluding diaryl/α,β-unsaturated/α-hetero) is 1. The molecule has 19 heavy (non-hydrogen) atoms. The third kappa shape index (κ3) is 3.06. The minimum Gasteiger partial charge on any atom is -0.293 e. The van der Waals surface area contributed by atoms with E-state index in [4.69, 9.17) is 0 Å². The van der Waals surface area contributed by atoms with Gasteiger partial charge in [-0.05, 0) is 25.4 Å². The second-order valence-electron chi connectivity index (χ2n) is 5.55. The van der Waals surface area contributed by atoms with Gasteiger partial charge >= 0.3 is 0 Å². The second kappa shape index (κ2) is 5.09. The molecule has 0 unspecified atom stereocenters. The molecule has 0 bridgehead atoms. The van der Waals surface area contributed by atoms with Crippen LogP contribution in [0.5, 0.6) is 0 Å². The quantitative estimate of drug-likeness (QED) is 0.815. The molecular formula is C13H17N3OS2. The average Bonchev–Trinajstić information content (AvgIpc) is 2.86. The Labute approximate surface area is 121 Å². The van der Waals surface area contributed by atoms with Crippen molar-refractivity contribution in [2.24, 2.45) is 0 Å². The maximum Gasteiger partial charge on any atom is 0.183 e. The first kappa shape index (κ1) is 14.3. The van der Waals surface area contributed by atoms with Crippen molar-refractivity contribution in [2.75, 3.05) is 0 Å². The van der Waals surface area contributed by atoms with Crippen molar-refractivity contribution in [1.82, 2.24) is 14.6 Å². The first-order valence-corrected chi connectivity index (χ1v) is 7.67. The van der Waals surface area contributed by atoms with E-state index in [0.717, 1.165) is 16.4 Å². The average molecular weight is 295 g/mol. The van der Waals surface area contributed by atoms with Crippen LogP contribution < -0.4 is 0 Å². The van der Waals surface area contributed by atoms with E-state index in [-0.39, 0.29) is 11.2 Å². The first-order chi connectivity index (χ1) is 8.79. The van der Waals surface area contributed by atoms with Gasteiger partial charge in [0.05, 0.1) is 17.8 Å². The highest BCUT2D eigenvalue weighted by atomic mass is 32.1. The summed E-state index contributed by atoms with van der Waals surface area (Å²) in [5.74, 6) is 0.0636. The van der Waals surface area contributed by atoms with Crippen molar-refractivity contribution < 1.29 is 4.79 Å². The lowest BCUT2D eigenvalue weighted by Crippen LogP contribution is -2.17. The number of thiazole rings is 1. The molecule has 4 nitrogen and oxygen atoms in total. The fourth-order valence-electron chi connectivity index (χ4n) is 1.70. The van der Waals surface area contributed by atoms with E-state index in [9.17, 15) is 4.79 Å². The van der Waals surface area contributed by atoms with Crippen molar-refractivity contribution in [2.45, 2.75) is 46.5 Å². The Hall–Kier alpha value is -1.14. The number of carbonyl (C=O) groups excluding carboxylic acids is 1. The fraction of sp³-hybridized carbons (Fsp3) is 0.538. The van der Waals surface area contributed by atoms with E-state index in [1.807, 2.05) is 34.6 Å². The van der Waals surface area contributed by atoms with Gasteiger partial charge in [-0.3, -0.25) is 4.79 Å². The number of carbonyl (C=O) groups is 1. The molecule has 2 aromatic heterocycles. The Balaban J connectivity index is 2.24. The third-order valence-electron chi connectivity index (χ3n) is 2.84. The Morgan fingerprint density at radius 2 is 1.95 bits per heavy atom. The van der Waals surface area contributed by atoms with Crippen LogP contribution in [0.15, 0.2) is 0 Å². The highest BCUT2D eigenvalue weighted by Crippen LogP contribution is 2.27. The van der Waals surface area contributed by atoms with Crippen molar-refractivity contribution in [3.8, 4) is 0 Å². The molecule has 0 aliphatic carbocycles. The van der Waals surface area contributed by atoms with E-state index in [1.54, 1.807) is 11.3 Å². The number of aryl methyl sites for hydroxylation is 2. The van der Waals surface area contributed by atoms with Crippen LogP contribution in [0.1, 0.15) is 51.7 Å². The molecule has 0 spiro atoms. The van der Waals surface area contributed by atoms with Crippen molar-refractivity contribution in [1.29, 1.82) is 0 Å². The normalized spacial score (nSPS) is 11.8. The summed E-state index contributed by atoms with van der Waals surface area (Å²) in [6.45, 7) is 10.1. The molecule has 0 N–H and O–H groups in total. The summed E-state index contributed by atoms with van der Waals surface area (Å²) in [5.41, 5.74) is 1.63. The highest BCUT2D eigenvalue weighted by molar-refractivity contribution is 7.12. The third-order valence-corrected chi connectivity index (χ3v) is 4.68. The zero-order valence-corrected chi connectivity index (χ0v) is 13.4. The summed E-state index contributed by atoms with van der Waals surface area (Å²) in [6.07, 6.45) is 0.340. The summed E-state index contributed by atoms with van der Waals surface area (Å²) in [6, 6.07) is 0. The number of hydrogen-bond donors (Lipinski definition) is 0. The Morgan fingerprint density at radius 3 is 2.47 bits per heavy atom. The summed E-state index contributed by atoms with van der Waals surface area (Å²) >= 11 is 2.77. The summed E-state index contributed by atoms with van der Waals surface area (Å²) in [4.78, 5) is 18.6. The molecule has 0 radical (unpaired) electrons. The molecule has 0 atom stereocenters. The van der Waals surface area contributed by atoms with E-state index >= 15 is 0 Å². The maximum absolute atomic E-state index is 12.4. The van der Waals surface area contributed by atoms with Crippen LogP contribution in [-0.2, 0) is 11.8 Å². The standard InChI is InChI=1S/C13H17N3OS2/c1-7-8(2)18-10(14-7)6-9(17)11-12(13(3,4)5)15-16-19-11/h6H2,1-5H3. The van der Waals surface area contributed by atoms with Gasteiger partial charge in [0.15, 0.2) is 5.78 Å². The van der Waals surface area contributed by atoms with Gasteiger partial charge in [-0.25, -0.2) is 4.98 Å². The monoisotopic (exact) mass is 295 g/mol. The van der Waals surface area contributed by atoms with Crippen LogP contribution in [0.25, 0.3) is 0 Å². The predicted molar refractivity (Wildman–Crippen MR) is 78.2 cm³/mol. The van der Waals surface area contributed by atoms with Crippen LogP contribution in [0.2, 0.25) is 0 Å². The zero-order valence-electron chi connectivity index (χ0n) is 11.8. The van der Waals surface area contributed by atoms with Gasteiger partial charge in [-0.15, -0.1) is 16.4 Å². The molecule has 0 aromatic carbocycles. The van der Waals surface area contributed by atoms with Gasteiger partial charge in [0.25, 0.3) is 0 Å². The molecule has 0 saturated heterocycles. The van der Waals surface area contributed by atoms with Crippen LogP contribution in [0.3, 0.4) is 0 Å². The minimum absolute atomic E-state index is 0.0636. The SMILES string of the molecule is Cc1nc(CC(=O)c2snnc2C(C)(C)C)sc1C. The first-order valence-electron chi connectivity index (χ1n) is 6.08. The van der Waals surface area contributed by atoms with Crippen LogP contribution >= 0.6 is 22.9 Å². The maximum atomic E-state index is 12.4. The lowest BCUT2D eigenvalue weighted by molar-refractivity contribution is 0.0994. The van der Waals surface area contributed by atoms with E-state index in [2.05, 4.69) is 14.6 Å². The molecule has 0 aliphatic heterocycles. The number of ketones is 1. The number of aromatic nitrogens is 3. The molecule has 2 rings (SSSR count). The van der Waals surface area contributed by atoms with Gasteiger partial charge in [0, 0.05) is 10.3 Å². The zero-order chi connectivity index (χ0) is 14.2. The lowest BCUT2D eigenvalue weighted by Gasteiger charge is -2.15. The van der Waals surface area contributed by atoms with E-state index in [1.165, 1.54) is 16.4 Å². The molecule has 0 aliphatic rings. The van der Waals surface area contributed by atoms with Gasteiger partial charge in [-0.2, -0.15) is 0 Å². The lowest BCUT2D eigenvalue weighted by atomic mass is 9.90. The number of nitrogens with zero attached hydrogens (tertiary/aromatic N) is 3. The Morgan fingerprint density at radius 1 is 1.26 bits per heavy atom. The van der Waals surface area contributed by atoms with Crippen molar-refractivity contribution >= 4 is 28.7 Å². The number of hydrogen-bond acceptors (Lipinski definition) is 6. The Kier molecular flexibility index (Phi) is 3.82. The molecule has 2 heterocycles. The summed E-state index contributed by atoms with van der Waals surface area (Å²) in [7, 11) is 0. The summed E-state index contributed by atoms with van der Waals surface area (Å²) in [5, 5.41) is 4.97. The molecule has 0 saturated carbocycles. The highest BCUT2D eigenvalue weighted by Gasteiger charge is 2.26. The van der Waals surface area contributed by atoms with Gasteiger partial charge in [-0.1, -0.05) is 25.3 Å². The van der Waals surface area contributed by atoms with Crippen LogP contribution in [0, 0.1) is 13.8 Å². The van der Waals surface area contributed by atoms with Crippen molar-refractivity contribution in [3.05, 3.63) is 26.1 Å². The Bertz CT molecular complexity index is 588.